The SMILES string of the molecule is CCC(C)N1C(=O)[C@@H]2C3CCCN3C3(C(=O)Nc4ccc(C)cc43)[C@@H]2C1=O. The zero-order chi connectivity index (χ0) is 19.1. The minimum absolute atomic E-state index is 0.0299. The molecular formula is C21H25N3O3. The zero-order valence-corrected chi connectivity index (χ0v) is 16.0. The molecule has 6 heteroatoms. The molecule has 1 N–H and O–H groups in total. The van der Waals surface area contributed by atoms with Crippen LogP contribution in [0.2, 0.25) is 0 Å². The molecule has 0 saturated carbocycles. The first-order valence-electron chi connectivity index (χ1n) is 9.99. The maximum Gasteiger partial charge on any atom is 0.250 e. The van der Waals surface area contributed by atoms with Crippen LogP contribution in [0.15, 0.2) is 18.2 Å². The molecule has 5 atom stereocenters. The fourth-order valence-electron chi connectivity index (χ4n) is 5.96. The van der Waals surface area contributed by atoms with E-state index in [-0.39, 0.29) is 29.8 Å². The van der Waals surface area contributed by atoms with E-state index >= 15 is 0 Å². The number of benzene rings is 1. The van der Waals surface area contributed by atoms with Gasteiger partial charge in [-0.1, -0.05) is 24.6 Å². The minimum Gasteiger partial charge on any atom is -0.324 e. The van der Waals surface area contributed by atoms with E-state index in [9.17, 15) is 14.4 Å². The predicted octanol–water partition coefficient (Wildman–Crippen LogP) is 2.02. The number of carbonyl (C=O) groups excluding carboxylic acids is 3. The molecule has 3 amide bonds. The van der Waals surface area contributed by atoms with Crippen LogP contribution in [0.5, 0.6) is 0 Å². The lowest BCUT2D eigenvalue weighted by atomic mass is 9.75. The Kier molecular flexibility index (Phi) is 3.39. The fraction of sp³-hybridized carbons (Fsp3) is 0.571. The lowest BCUT2D eigenvalue weighted by Crippen LogP contribution is -2.54. The highest BCUT2D eigenvalue weighted by Gasteiger charge is 2.74. The molecule has 5 rings (SSSR count). The van der Waals surface area contributed by atoms with Crippen LogP contribution in [0.4, 0.5) is 5.69 Å². The quantitative estimate of drug-likeness (QED) is 0.812. The van der Waals surface area contributed by atoms with Gasteiger partial charge in [-0.2, -0.15) is 0 Å². The number of hydrogen-bond acceptors (Lipinski definition) is 4. The van der Waals surface area contributed by atoms with Crippen molar-refractivity contribution in [2.24, 2.45) is 11.8 Å². The van der Waals surface area contributed by atoms with Crippen molar-refractivity contribution in [1.82, 2.24) is 9.80 Å². The molecule has 1 aromatic rings. The van der Waals surface area contributed by atoms with E-state index in [4.69, 9.17) is 0 Å². The van der Waals surface area contributed by atoms with E-state index in [0.29, 0.717) is 0 Å². The summed E-state index contributed by atoms with van der Waals surface area (Å²) in [5.41, 5.74) is 1.67. The molecule has 4 aliphatic heterocycles. The maximum atomic E-state index is 13.5. The van der Waals surface area contributed by atoms with E-state index in [2.05, 4.69) is 10.2 Å². The van der Waals surface area contributed by atoms with Crippen LogP contribution in [0.25, 0.3) is 0 Å². The molecular weight excluding hydrogens is 342 g/mol. The first-order chi connectivity index (χ1) is 12.9. The number of likely N-dealkylation sites (tertiary alicyclic amines) is 1. The Hall–Kier alpha value is -2.21. The Morgan fingerprint density at radius 2 is 2.04 bits per heavy atom. The molecule has 1 spiro atoms. The normalized spacial score (nSPS) is 35.6. The van der Waals surface area contributed by atoms with Gasteiger partial charge in [0, 0.05) is 23.3 Å². The van der Waals surface area contributed by atoms with Crippen molar-refractivity contribution in [2.75, 3.05) is 11.9 Å². The summed E-state index contributed by atoms with van der Waals surface area (Å²) >= 11 is 0. The van der Waals surface area contributed by atoms with Crippen LogP contribution < -0.4 is 5.32 Å². The molecule has 4 aliphatic rings. The van der Waals surface area contributed by atoms with Gasteiger partial charge < -0.3 is 5.32 Å². The predicted molar refractivity (Wildman–Crippen MR) is 99.8 cm³/mol. The van der Waals surface area contributed by atoms with Gasteiger partial charge in [0.2, 0.25) is 17.7 Å². The topological polar surface area (TPSA) is 69.7 Å². The van der Waals surface area contributed by atoms with Crippen molar-refractivity contribution in [2.45, 2.75) is 57.7 Å². The third kappa shape index (κ3) is 1.82. The zero-order valence-electron chi connectivity index (χ0n) is 16.0. The number of rotatable bonds is 2. The lowest BCUT2D eigenvalue weighted by molar-refractivity contribution is -0.147. The van der Waals surface area contributed by atoms with Gasteiger partial charge >= 0.3 is 0 Å². The van der Waals surface area contributed by atoms with Gasteiger partial charge in [-0.15, -0.1) is 0 Å². The molecule has 3 unspecified atom stereocenters. The molecule has 142 valence electrons. The Morgan fingerprint density at radius 3 is 2.78 bits per heavy atom. The number of fused-ring (bicyclic) bond motifs is 7. The van der Waals surface area contributed by atoms with Gasteiger partial charge in [-0.25, -0.2) is 0 Å². The van der Waals surface area contributed by atoms with Crippen molar-refractivity contribution in [3.8, 4) is 0 Å². The van der Waals surface area contributed by atoms with Crippen LogP contribution in [-0.4, -0.2) is 46.1 Å². The molecule has 3 saturated heterocycles. The second-order valence-electron chi connectivity index (χ2n) is 8.48. The average Bonchev–Trinajstić information content (AvgIpc) is 3.33. The molecule has 1 aromatic carbocycles. The van der Waals surface area contributed by atoms with Crippen LogP contribution in [0.1, 0.15) is 44.2 Å². The molecule has 4 heterocycles. The fourth-order valence-corrected chi connectivity index (χ4v) is 5.96. The second-order valence-corrected chi connectivity index (χ2v) is 8.48. The summed E-state index contributed by atoms with van der Waals surface area (Å²) in [6.45, 7) is 6.65. The molecule has 0 radical (unpaired) electrons. The number of aryl methyl sites for hydroxylation is 1. The molecule has 3 fully saturated rings. The Balaban J connectivity index is 1.74. The van der Waals surface area contributed by atoms with Crippen LogP contribution in [-0.2, 0) is 19.9 Å². The van der Waals surface area contributed by atoms with Crippen molar-refractivity contribution < 1.29 is 14.4 Å². The van der Waals surface area contributed by atoms with Crippen molar-refractivity contribution in [3.63, 3.8) is 0 Å². The van der Waals surface area contributed by atoms with E-state index in [1.807, 2.05) is 39.0 Å². The first-order valence-corrected chi connectivity index (χ1v) is 9.99. The van der Waals surface area contributed by atoms with Crippen molar-refractivity contribution in [1.29, 1.82) is 0 Å². The highest BCUT2D eigenvalue weighted by atomic mass is 16.2. The third-order valence-electron chi connectivity index (χ3n) is 7.21. The monoisotopic (exact) mass is 367 g/mol. The van der Waals surface area contributed by atoms with Crippen LogP contribution in [0.3, 0.4) is 0 Å². The number of anilines is 1. The van der Waals surface area contributed by atoms with Gasteiger partial charge in [0.1, 0.15) is 5.54 Å². The summed E-state index contributed by atoms with van der Waals surface area (Å²) in [4.78, 5) is 43.9. The largest absolute Gasteiger partial charge is 0.324 e. The molecule has 0 bridgehead atoms. The number of carbonyl (C=O) groups is 3. The lowest BCUT2D eigenvalue weighted by Gasteiger charge is -2.37. The Labute approximate surface area is 158 Å². The highest BCUT2D eigenvalue weighted by molar-refractivity contribution is 6.15. The van der Waals surface area contributed by atoms with Gasteiger partial charge in [0.25, 0.3) is 0 Å². The summed E-state index contributed by atoms with van der Waals surface area (Å²) in [7, 11) is 0. The van der Waals surface area contributed by atoms with Gasteiger partial charge in [0.15, 0.2) is 0 Å². The number of nitrogens with zero attached hydrogens (tertiary/aromatic N) is 2. The second kappa shape index (κ2) is 5.41. The van der Waals surface area contributed by atoms with Crippen molar-refractivity contribution >= 4 is 23.4 Å². The standard InChI is InChI=1S/C21H25N3O3/c1-4-12(3)24-18(25)16-15-6-5-9-23(15)21(17(16)19(24)26)13-10-11(2)7-8-14(13)22-20(21)27/h7-8,10,12,15-17H,4-6,9H2,1-3H3,(H,22,27)/t12?,15?,16-,17+,21?/m1/s1. The van der Waals surface area contributed by atoms with Crippen molar-refractivity contribution in [3.05, 3.63) is 29.3 Å². The summed E-state index contributed by atoms with van der Waals surface area (Å²) in [6.07, 6.45) is 2.54. The number of amides is 3. The summed E-state index contributed by atoms with van der Waals surface area (Å²) < 4.78 is 0. The number of imide groups is 1. The first kappa shape index (κ1) is 16.9. The summed E-state index contributed by atoms with van der Waals surface area (Å²) in [5, 5.41) is 3.01. The third-order valence-corrected chi connectivity index (χ3v) is 7.21. The van der Waals surface area contributed by atoms with Gasteiger partial charge in [-0.3, -0.25) is 24.2 Å². The smallest absolute Gasteiger partial charge is 0.250 e. The van der Waals surface area contributed by atoms with Crippen LogP contribution in [0, 0.1) is 18.8 Å². The minimum atomic E-state index is -1.04. The Bertz CT molecular complexity index is 881. The summed E-state index contributed by atoms with van der Waals surface area (Å²) in [5.74, 6) is -1.42. The van der Waals surface area contributed by atoms with Gasteiger partial charge in [-0.05, 0) is 45.7 Å². The Morgan fingerprint density at radius 1 is 1.26 bits per heavy atom. The molecule has 27 heavy (non-hydrogen) atoms. The van der Waals surface area contributed by atoms with E-state index in [0.717, 1.165) is 42.6 Å². The molecule has 0 aliphatic carbocycles. The highest BCUT2D eigenvalue weighted by Crippen LogP contribution is 2.60. The molecule has 0 aromatic heterocycles. The average molecular weight is 367 g/mol. The molecule has 6 nitrogen and oxygen atoms in total. The van der Waals surface area contributed by atoms with E-state index < -0.39 is 17.4 Å². The van der Waals surface area contributed by atoms with Crippen LogP contribution >= 0.6 is 0 Å². The maximum absolute atomic E-state index is 13.5. The number of nitrogens with one attached hydrogen (secondary N) is 1. The van der Waals surface area contributed by atoms with E-state index in [1.54, 1.807) is 0 Å². The number of hydrogen-bond donors (Lipinski definition) is 1. The van der Waals surface area contributed by atoms with E-state index in [1.165, 1.54) is 4.90 Å². The van der Waals surface area contributed by atoms with Gasteiger partial charge in [0.05, 0.1) is 11.8 Å². The summed E-state index contributed by atoms with van der Waals surface area (Å²) in [6, 6.07) is 5.75.